The van der Waals surface area contributed by atoms with Gasteiger partial charge in [-0.3, -0.25) is 19.3 Å². The molecule has 2 aliphatic heterocycles. The standard InChI is InChI=1S/C23H20N4O4S/c28-20(25-10-12-26(13-11-25)23(30)18-7-4-14-31-18)15-27-17-6-3-9-24-21(17)32-19-8-2-1-5-16(19)22(27)29/h1-9,14H,10-13,15H2. The van der Waals surface area contributed by atoms with Crippen LogP contribution in [0.25, 0.3) is 0 Å². The van der Waals surface area contributed by atoms with E-state index in [1.165, 1.54) is 22.9 Å². The van der Waals surface area contributed by atoms with Gasteiger partial charge in [-0.25, -0.2) is 4.98 Å². The Bertz CT molecular complexity index is 1170. The summed E-state index contributed by atoms with van der Waals surface area (Å²) in [5.41, 5.74) is 1.18. The van der Waals surface area contributed by atoms with Crippen LogP contribution in [0.4, 0.5) is 5.69 Å². The molecule has 0 spiro atoms. The highest BCUT2D eigenvalue weighted by molar-refractivity contribution is 7.99. The Labute approximate surface area is 188 Å². The molecule has 2 aromatic heterocycles. The maximum Gasteiger partial charge on any atom is 0.289 e. The molecule has 4 heterocycles. The highest BCUT2D eigenvalue weighted by atomic mass is 32.2. The van der Waals surface area contributed by atoms with Crippen molar-refractivity contribution < 1.29 is 18.8 Å². The average Bonchev–Trinajstić information content (AvgIpc) is 3.34. The number of furan rings is 1. The molecule has 1 aromatic carbocycles. The molecule has 162 valence electrons. The number of aromatic nitrogens is 1. The molecule has 8 nitrogen and oxygen atoms in total. The van der Waals surface area contributed by atoms with Gasteiger partial charge in [0, 0.05) is 37.3 Å². The molecule has 3 aromatic rings. The lowest BCUT2D eigenvalue weighted by molar-refractivity contribution is -0.131. The Balaban J connectivity index is 1.32. The van der Waals surface area contributed by atoms with Crippen molar-refractivity contribution in [1.29, 1.82) is 0 Å². The van der Waals surface area contributed by atoms with E-state index in [9.17, 15) is 14.4 Å². The predicted octanol–water partition coefficient (Wildman–Crippen LogP) is 2.77. The van der Waals surface area contributed by atoms with Crippen molar-refractivity contribution in [3.8, 4) is 0 Å². The largest absolute Gasteiger partial charge is 0.459 e. The second-order valence-corrected chi connectivity index (χ2v) is 8.50. The SMILES string of the molecule is O=C(CN1C(=O)c2ccccc2Sc2ncccc21)N1CCN(C(=O)c2ccco2)CC1. The quantitative estimate of drug-likeness (QED) is 0.612. The van der Waals surface area contributed by atoms with Crippen molar-refractivity contribution in [2.24, 2.45) is 0 Å². The molecule has 3 amide bonds. The van der Waals surface area contributed by atoms with Gasteiger partial charge in [0.2, 0.25) is 5.91 Å². The summed E-state index contributed by atoms with van der Waals surface area (Å²) in [4.78, 5) is 49.0. The number of amides is 3. The summed E-state index contributed by atoms with van der Waals surface area (Å²) >= 11 is 1.42. The van der Waals surface area contributed by atoms with Gasteiger partial charge in [0.05, 0.1) is 17.5 Å². The summed E-state index contributed by atoms with van der Waals surface area (Å²) in [5, 5.41) is 0.687. The third-order valence-electron chi connectivity index (χ3n) is 5.56. The predicted molar refractivity (Wildman–Crippen MR) is 118 cm³/mol. The summed E-state index contributed by atoms with van der Waals surface area (Å²) in [6, 6.07) is 14.2. The zero-order valence-corrected chi connectivity index (χ0v) is 18.0. The molecule has 0 aliphatic carbocycles. The summed E-state index contributed by atoms with van der Waals surface area (Å²) in [7, 11) is 0. The first-order chi connectivity index (χ1) is 15.6. The number of anilines is 1. The van der Waals surface area contributed by atoms with Crippen LogP contribution in [0.2, 0.25) is 0 Å². The first-order valence-electron chi connectivity index (χ1n) is 10.3. The van der Waals surface area contributed by atoms with Gasteiger partial charge in [-0.1, -0.05) is 23.9 Å². The van der Waals surface area contributed by atoms with Crippen LogP contribution in [0, 0.1) is 0 Å². The molecule has 0 radical (unpaired) electrons. The Morgan fingerprint density at radius 1 is 0.969 bits per heavy atom. The molecule has 2 aliphatic rings. The van der Waals surface area contributed by atoms with E-state index in [-0.39, 0.29) is 24.3 Å². The highest BCUT2D eigenvalue weighted by Gasteiger charge is 2.32. The maximum absolute atomic E-state index is 13.3. The first-order valence-corrected chi connectivity index (χ1v) is 11.1. The fraction of sp³-hybridized carbons (Fsp3) is 0.217. The summed E-state index contributed by atoms with van der Waals surface area (Å²) in [6.45, 7) is 1.54. The number of pyridine rings is 1. The average molecular weight is 449 g/mol. The van der Waals surface area contributed by atoms with E-state index in [1.54, 1.807) is 40.3 Å². The van der Waals surface area contributed by atoms with Crippen LogP contribution >= 0.6 is 11.8 Å². The van der Waals surface area contributed by atoms with Crippen LogP contribution in [-0.2, 0) is 4.79 Å². The number of carbonyl (C=O) groups is 3. The van der Waals surface area contributed by atoms with Crippen LogP contribution in [0.5, 0.6) is 0 Å². The van der Waals surface area contributed by atoms with Gasteiger partial charge in [-0.15, -0.1) is 0 Å². The summed E-state index contributed by atoms with van der Waals surface area (Å²) < 4.78 is 5.19. The Hall–Kier alpha value is -3.59. The van der Waals surface area contributed by atoms with E-state index in [0.717, 1.165) is 4.90 Å². The van der Waals surface area contributed by atoms with Gasteiger partial charge in [-0.05, 0) is 36.4 Å². The Morgan fingerprint density at radius 2 is 1.75 bits per heavy atom. The lowest BCUT2D eigenvalue weighted by atomic mass is 10.2. The first kappa shape index (κ1) is 20.3. The molecule has 9 heteroatoms. The fourth-order valence-corrected chi connectivity index (χ4v) is 4.88. The molecule has 0 atom stereocenters. The van der Waals surface area contributed by atoms with Crippen molar-refractivity contribution in [3.63, 3.8) is 0 Å². The number of benzene rings is 1. The topological polar surface area (TPSA) is 87.0 Å². The molecule has 0 bridgehead atoms. The van der Waals surface area contributed by atoms with Crippen molar-refractivity contribution in [2.75, 3.05) is 37.6 Å². The van der Waals surface area contributed by atoms with Crippen molar-refractivity contribution in [2.45, 2.75) is 9.92 Å². The number of nitrogens with zero attached hydrogens (tertiary/aromatic N) is 4. The van der Waals surface area contributed by atoms with E-state index in [2.05, 4.69) is 4.98 Å². The normalized spacial score (nSPS) is 15.8. The zero-order valence-electron chi connectivity index (χ0n) is 17.1. The lowest BCUT2D eigenvalue weighted by Gasteiger charge is -2.35. The number of piperazine rings is 1. The minimum atomic E-state index is -0.222. The molecule has 0 saturated carbocycles. The van der Waals surface area contributed by atoms with Gasteiger partial charge >= 0.3 is 0 Å². The number of rotatable bonds is 3. The zero-order chi connectivity index (χ0) is 22.1. The molecular weight excluding hydrogens is 428 g/mol. The molecule has 1 saturated heterocycles. The molecular formula is C23H20N4O4S. The van der Waals surface area contributed by atoms with Gasteiger partial charge in [-0.2, -0.15) is 0 Å². The Kier molecular flexibility index (Phi) is 5.40. The molecule has 5 rings (SSSR count). The van der Waals surface area contributed by atoms with E-state index >= 15 is 0 Å². The van der Waals surface area contributed by atoms with Crippen molar-refractivity contribution in [3.05, 3.63) is 72.3 Å². The van der Waals surface area contributed by atoms with Crippen LogP contribution < -0.4 is 4.90 Å². The van der Waals surface area contributed by atoms with Crippen LogP contribution in [0.3, 0.4) is 0 Å². The number of carbonyl (C=O) groups excluding carboxylic acids is 3. The molecule has 0 N–H and O–H groups in total. The number of hydrogen-bond donors (Lipinski definition) is 0. The van der Waals surface area contributed by atoms with Gasteiger partial charge in [0.1, 0.15) is 11.6 Å². The van der Waals surface area contributed by atoms with Crippen LogP contribution in [-0.4, -0.2) is 65.2 Å². The van der Waals surface area contributed by atoms with Crippen molar-refractivity contribution >= 4 is 35.2 Å². The van der Waals surface area contributed by atoms with Gasteiger partial charge in [0.15, 0.2) is 5.76 Å². The summed E-state index contributed by atoms with van der Waals surface area (Å²) in [5.74, 6) is -0.277. The smallest absolute Gasteiger partial charge is 0.289 e. The minimum Gasteiger partial charge on any atom is -0.459 e. The van der Waals surface area contributed by atoms with Gasteiger partial charge in [0.25, 0.3) is 11.8 Å². The second kappa shape index (κ2) is 8.51. The third kappa shape index (κ3) is 3.75. The number of fused-ring (bicyclic) bond motifs is 2. The van der Waals surface area contributed by atoms with Crippen LogP contribution in [0.15, 0.2) is 75.3 Å². The van der Waals surface area contributed by atoms with E-state index < -0.39 is 0 Å². The number of hydrogen-bond acceptors (Lipinski definition) is 6. The molecule has 0 unspecified atom stereocenters. The minimum absolute atomic E-state index is 0.0848. The Morgan fingerprint density at radius 3 is 2.53 bits per heavy atom. The monoisotopic (exact) mass is 448 g/mol. The van der Waals surface area contributed by atoms with E-state index in [4.69, 9.17) is 4.42 Å². The fourth-order valence-electron chi connectivity index (χ4n) is 3.86. The molecule has 1 fully saturated rings. The highest BCUT2D eigenvalue weighted by Crippen LogP contribution is 2.39. The van der Waals surface area contributed by atoms with E-state index in [0.29, 0.717) is 48.2 Å². The van der Waals surface area contributed by atoms with Gasteiger partial charge < -0.3 is 14.2 Å². The maximum atomic E-state index is 13.3. The third-order valence-corrected chi connectivity index (χ3v) is 6.64. The van der Waals surface area contributed by atoms with Crippen LogP contribution in [0.1, 0.15) is 20.9 Å². The van der Waals surface area contributed by atoms with E-state index in [1.807, 2.05) is 24.3 Å². The molecule has 32 heavy (non-hydrogen) atoms. The summed E-state index contributed by atoms with van der Waals surface area (Å²) in [6.07, 6.45) is 3.15. The second-order valence-electron chi connectivity index (χ2n) is 7.47. The lowest BCUT2D eigenvalue weighted by Crippen LogP contribution is -2.53. The van der Waals surface area contributed by atoms with Crippen molar-refractivity contribution in [1.82, 2.24) is 14.8 Å².